The van der Waals surface area contributed by atoms with Gasteiger partial charge in [0.2, 0.25) is 5.91 Å². The quantitative estimate of drug-likeness (QED) is 0.333. The Labute approximate surface area is 257 Å². The highest BCUT2D eigenvalue weighted by molar-refractivity contribution is 7.14. The van der Waals surface area contributed by atoms with Crippen LogP contribution in [0.4, 0.5) is 10.7 Å². The van der Waals surface area contributed by atoms with Crippen molar-refractivity contribution in [3.8, 4) is 17.0 Å². The van der Waals surface area contributed by atoms with Crippen LogP contribution in [0, 0.1) is 6.92 Å². The van der Waals surface area contributed by atoms with Crippen LogP contribution in [0.15, 0.2) is 42.0 Å². The SMILES string of the molecule is COc1cc(-c2nc(C3CCC(N4CCN(C)CC4)CC3)n3ccnc(C)c23)ccc1NC(=O)C1Cc2ccsc2N1C. The summed E-state index contributed by atoms with van der Waals surface area (Å²) in [5, 5.41) is 6.38. The van der Waals surface area contributed by atoms with Crippen molar-refractivity contribution < 1.29 is 9.53 Å². The van der Waals surface area contributed by atoms with Gasteiger partial charge in [0.1, 0.15) is 17.6 Å². The molecule has 43 heavy (non-hydrogen) atoms. The number of carbonyl (C=O) groups is 1. The fraction of sp³-hybridized carbons (Fsp3) is 0.485. The summed E-state index contributed by atoms with van der Waals surface area (Å²) in [6.45, 7) is 6.74. The Morgan fingerprint density at radius 2 is 1.86 bits per heavy atom. The second kappa shape index (κ2) is 11.6. The normalized spacial score (nSPS) is 23.1. The highest BCUT2D eigenvalue weighted by atomic mass is 32.1. The molecule has 2 aliphatic heterocycles. The summed E-state index contributed by atoms with van der Waals surface area (Å²) in [4.78, 5) is 30.5. The number of ether oxygens (including phenoxy) is 1. The van der Waals surface area contributed by atoms with Crippen LogP contribution in [0.2, 0.25) is 0 Å². The van der Waals surface area contributed by atoms with Crippen molar-refractivity contribution in [3.63, 3.8) is 0 Å². The molecule has 1 saturated carbocycles. The smallest absolute Gasteiger partial charge is 0.247 e. The monoisotopic (exact) mass is 599 g/mol. The van der Waals surface area contributed by atoms with E-state index in [0.717, 1.165) is 41.1 Å². The average Bonchev–Trinajstić information content (AvgIpc) is 3.73. The summed E-state index contributed by atoms with van der Waals surface area (Å²) < 4.78 is 8.06. The molecule has 1 unspecified atom stereocenters. The summed E-state index contributed by atoms with van der Waals surface area (Å²) in [5.41, 5.74) is 5.76. The predicted octanol–water partition coefficient (Wildman–Crippen LogP) is 5.05. The van der Waals surface area contributed by atoms with Crippen LogP contribution in [0.5, 0.6) is 5.75 Å². The number of nitrogens with zero attached hydrogens (tertiary/aromatic N) is 6. The first kappa shape index (κ1) is 28.3. The van der Waals surface area contributed by atoms with Gasteiger partial charge in [-0.1, -0.05) is 6.07 Å². The number of methoxy groups -OCH3 is 1. The van der Waals surface area contributed by atoms with E-state index in [1.165, 1.54) is 49.6 Å². The van der Waals surface area contributed by atoms with Crippen molar-refractivity contribution in [3.05, 3.63) is 59.1 Å². The molecule has 1 aromatic carbocycles. The van der Waals surface area contributed by atoms with E-state index >= 15 is 0 Å². The minimum atomic E-state index is -0.230. The maximum absolute atomic E-state index is 13.3. The van der Waals surface area contributed by atoms with Gasteiger partial charge in [0, 0.05) is 69.6 Å². The van der Waals surface area contributed by atoms with Crippen molar-refractivity contribution in [2.24, 2.45) is 0 Å². The van der Waals surface area contributed by atoms with Crippen molar-refractivity contribution in [1.29, 1.82) is 0 Å². The molecule has 1 atom stereocenters. The van der Waals surface area contributed by atoms with Crippen LogP contribution in [0.1, 0.15) is 48.7 Å². The van der Waals surface area contributed by atoms with Gasteiger partial charge in [-0.25, -0.2) is 4.98 Å². The van der Waals surface area contributed by atoms with Crippen molar-refractivity contribution in [2.75, 3.05) is 57.6 Å². The van der Waals surface area contributed by atoms with Crippen LogP contribution in [0.25, 0.3) is 16.8 Å². The second-order valence-corrected chi connectivity index (χ2v) is 13.3. The third-order valence-electron chi connectivity index (χ3n) is 9.84. The number of likely N-dealkylation sites (N-methyl/N-ethyl adjacent to an activating group) is 2. The summed E-state index contributed by atoms with van der Waals surface area (Å²) in [7, 11) is 5.86. The van der Waals surface area contributed by atoms with Gasteiger partial charge < -0.3 is 19.9 Å². The van der Waals surface area contributed by atoms with Gasteiger partial charge in [0.15, 0.2) is 0 Å². The number of rotatable bonds is 6. The van der Waals surface area contributed by atoms with Crippen LogP contribution >= 0.6 is 11.3 Å². The van der Waals surface area contributed by atoms with Gasteiger partial charge in [0.05, 0.1) is 34.7 Å². The van der Waals surface area contributed by atoms with E-state index in [0.29, 0.717) is 29.8 Å². The van der Waals surface area contributed by atoms with E-state index in [2.05, 4.69) is 61.0 Å². The molecule has 10 heteroatoms. The van der Waals surface area contributed by atoms with E-state index in [4.69, 9.17) is 9.72 Å². The van der Waals surface area contributed by atoms with Gasteiger partial charge in [-0.05, 0) is 68.8 Å². The Balaban J connectivity index is 1.13. The minimum absolute atomic E-state index is 0.0288. The number of hydrogen-bond donors (Lipinski definition) is 1. The highest BCUT2D eigenvalue weighted by Gasteiger charge is 2.34. The number of benzene rings is 1. The molecule has 5 heterocycles. The fourth-order valence-electron chi connectivity index (χ4n) is 7.30. The molecule has 226 valence electrons. The van der Waals surface area contributed by atoms with Gasteiger partial charge in [-0.15, -0.1) is 11.3 Å². The number of aryl methyl sites for hydroxylation is 1. The molecule has 1 amide bonds. The Kier molecular flexibility index (Phi) is 7.61. The van der Waals surface area contributed by atoms with Crippen LogP contribution in [-0.4, -0.2) is 89.5 Å². The number of aromatic nitrogens is 3. The lowest BCUT2D eigenvalue weighted by Gasteiger charge is -2.41. The molecule has 7 rings (SSSR count). The molecule has 1 N–H and O–H groups in total. The highest BCUT2D eigenvalue weighted by Crippen LogP contribution is 2.40. The van der Waals surface area contributed by atoms with Crippen molar-refractivity contribution >= 4 is 33.4 Å². The zero-order chi connectivity index (χ0) is 29.7. The first-order valence-corrected chi connectivity index (χ1v) is 16.3. The van der Waals surface area contributed by atoms with E-state index in [9.17, 15) is 4.79 Å². The summed E-state index contributed by atoms with van der Waals surface area (Å²) in [5.74, 6) is 2.14. The number of fused-ring (bicyclic) bond motifs is 2. The molecule has 3 aliphatic rings. The number of piperazine rings is 1. The van der Waals surface area contributed by atoms with Crippen molar-refractivity contribution in [1.82, 2.24) is 24.2 Å². The first-order chi connectivity index (χ1) is 20.9. The van der Waals surface area contributed by atoms with Gasteiger partial charge >= 0.3 is 0 Å². The number of anilines is 2. The second-order valence-electron chi connectivity index (χ2n) is 12.4. The standard InChI is InChI=1S/C33H41N7O2S/c1-21-30-29(23-7-10-26(28(20-23)42-4)35-32(41)27-19-24-11-18-43-33(24)38(27)3)36-31(40(30)13-12-34-21)22-5-8-25(9-6-22)39-16-14-37(2)15-17-39/h7,10-13,18,20,22,25,27H,5-6,8-9,14-17,19H2,1-4H3,(H,35,41). The molecule has 0 bridgehead atoms. The maximum Gasteiger partial charge on any atom is 0.247 e. The zero-order valence-corrected chi connectivity index (χ0v) is 26.4. The average molecular weight is 600 g/mol. The van der Waals surface area contributed by atoms with Crippen LogP contribution in [-0.2, 0) is 11.2 Å². The number of thiophene rings is 1. The van der Waals surface area contributed by atoms with E-state index < -0.39 is 0 Å². The Bertz CT molecular complexity index is 1630. The van der Waals surface area contributed by atoms with Crippen molar-refractivity contribution in [2.45, 2.75) is 57.0 Å². The summed E-state index contributed by atoms with van der Waals surface area (Å²) in [6, 6.07) is 8.53. The number of amides is 1. The zero-order valence-electron chi connectivity index (χ0n) is 25.5. The Hall–Kier alpha value is -3.47. The van der Waals surface area contributed by atoms with Gasteiger partial charge in [0.25, 0.3) is 0 Å². The predicted molar refractivity (Wildman–Crippen MR) is 173 cm³/mol. The number of carbonyl (C=O) groups excluding carboxylic acids is 1. The minimum Gasteiger partial charge on any atom is -0.495 e. The summed E-state index contributed by atoms with van der Waals surface area (Å²) in [6.07, 6.45) is 9.38. The van der Waals surface area contributed by atoms with Crippen LogP contribution in [0.3, 0.4) is 0 Å². The topological polar surface area (TPSA) is 78.2 Å². The lowest BCUT2D eigenvalue weighted by Crippen LogP contribution is -2.49. The number of imidazole rings is 1. The number of hydrogen-bond acceptors (Lipinski definition) is 8. The van der Waals surface area contributed by atoms with Gasteiger partial charge in [-0.3, -0.25) is 19.1 Å². The molecule has 3 aromatic heterocycles. The molecule has 0 radical (unpaired) electrons. The maximum atomic E-state index is 13.3. The molecule has 4 aromatic rings. The fourth-order valence-corrected chi connectivity index (χ4v) is 8.26. The van der Waals surface area contributed by atoms with E-state index in [1.54, 1.807) is 18.4 Å². The molecule has 0 spiro atoms. The Morgan fingerprint density at radius 3 is 2.60 bits per heavy atom. The largest absolute Gasteiger partial charge is 0.495 e. The first-order valence-electron chi connectivity index (χ1n) is 15.5. The lowest BCUT2D eigenvalue weighted by molar-refractivity contribution is -0.117. The molecular formula is C33H41N7O2S. The van der Waals surface area contributed by atoms with E-state index in [-0.39, 0.29) is 11.9 Å². The molecule has 2 fully saturated rings. The third kappa shape index (κ3) is 5.19. The van der Waals surface area contributed by atoms with Gasteiger partial charge in [-0.2, -0.15) is 0 Å². The van der Waals surface area contributed by atoms with E-state index in [1.807, 2.05) is 31.4 Å². The molecule has 1 aliphatic carbocycles. The lowest BCUT2D eigenvalue weighted by atomic mass is 9.84. The summed E-state index contributed by atoms with van der Waals surface area (Å²) >= 11 is 1.68. The molecular weight excluding hydrogens is 558 g/mol. The number of nitrogens with one attached hydrogen (secondary N) is 1. The Morgan fingerprint density at radius 1 is 1.07 bits per heavy atom. The third-order valence-corrected chi connectivity index (χ3v) is 10.9. The molecule has 9 nitrogen and oxygen atoms in total. The van der Waals surface area contributed by atoms with Crippen LogP contribution < -0.4 is 15.0 Å². The molecule has 1 saturated heterocycles.